The molecule has 1 saturated heterocycles. The lowest BCUT2D eigenvalue weighted by Crippen LogP contribution is -2.45. The van der Waals surface area contributed by atoms with Crippen LogP contribution in [0.2, 0.25) is 0 Å². The topological polar surface area (TPSA) is 62.0 Å². The summed E-state index contributed by atoms with van der Waals surface area (Å²) in [6.45, 7) is 5.96. The molecule has 0 radical (unpaired) electrons. The Morgan fingerprint density at radius 3 is 2.25 bits per heavy atom. The van der Waals surface area contributed by atoms with Crippen LogP contribution in [0.4, 0.5) is 5.82 Å². The van der Waals surface area contributed by atoms with Crippen LogP contribution >= 0.6 is 0 Å². The lowest BCUT2D eigenvalue weighted by Gasteiger charge is -2.36. The zero-order valence-electron chi connectivity index (χ0n) is 20.8. The second-order valence-corrected chi connectivity index (χ2v) is 10.2. The largest absolute Gasteiger partial charge is 0.372 e. The Balaban J connectivity index is 1.41. The Hall–Kier alpha value is -3.75. The highest BCUT2D eigenvalue weighted by Crippen LogP contribution is 2.45. The van der Waals surface area contributed by atoms with E-state index in [9.17, 15) is 5.26 Å². The maximum atomic E-state index is 9.18. The number of aromatic nitrogens is 2. The highest BCUT2D eigenvalue weighted by atomic mass is 16.5. The molecule has 2 fully saturated rings. The molecular weight excluding hydrogens is 444 g/mol. The summed E-state index contributed by atoms with van der Waals surface area (Å²) < 4.78 is 5.89. The van der Waals surface area contributed by atoms with Gasteiger partial charge in [-0.3, -0.25) is 4.98 Å². The van der Waals surface area contributed by atoms with Crippen molar-refractivity contribution in [2.24, 2.45) is 0 Å². The number of fused-ring (bicyclic) bond motifs is 1. The summed E-state index contributed by atoms with van der Waals surface area (Å²) in [5, 5.41) is 10.4. The summed E-state index contributed by atoms with van der Waals surface area (Å²) in [6.07, 6.45) is 8.15. The van der Waals surface area contributed by atoms with E-state index in [0.717, 1.165) is 41.1 Å². The highest BCUT2D eigenvalue weighted by molar-refractivity contribution is 5.98. The smallest absolute Gasteiger partial charge is 0.128 e. The van der Waals surface area contributed by atoms with Gasteiger partial charge in [-0.2, -0.15) is 5.26 Å². The van der Waals surface area contributed by atoms with Gasteiger partial charge in [-0.05, 0) is 68.0 Å². The van der Waals surface area contributed by atoms with E-state index in [2.05, 4.69) is 55.1 Å². The second-order valence-electron chi connectivity index (χ2n) is 10.2. The number of pyridine rings is 2. The Morgan fingerprint density at radius 1 is 0.861 bits per heavy atom. The molecule has 1 saturated carbocycles. The minimum atomic E-state index is 0.204. The van der Waals surface area contributed by atoms with Crippen molar-refractivity contribution in [2.75, 3.05) is 18.0 Å². The van der Waals surface area contributed by atoms with Crippen molar-refractivity contribution in [1.29, 1.82) is 5.26 Å². The Labute approximate surface area is 212 Å². The van der Waals surface area contributed by atoms with E-state index in [4.69, 9.17) is 14.7 Å². The fourth-order valence-corrected chi connectivity index (χ4v) is 5.67. The molecule has 1 aliphatic carbocycles. The van der Waals surface area contributed by atoms with E-state index >= 15 is 0 Å². The highest BCUT2D eigenvalue weighted by Gasteiger charge is 2.27. The molecule has 3 heterocycles. The fraction of sp³-hybridized carbons (Fsp3) is 0.323. The number of nitrogens with zero attached hydrogens (tertiary/aromatic N) is 4. The first-order chi connectivity index (χ1) is 17.6. The predicted octanol–water partition coefficient (Wildman–Crippen LogP) is 6.72. The molecular formula is C31H30N4O. The van der Waals surface area contributed by atoms with Crippen LogP contribution in [0.3, 0.4) is 0 Å². The number of rotatable bonds is 4. The monoisotopic (exact) mass is 474 g/mol. The molecule has 2 aromatic heterocycles. The van der Waals surface area contributed by atoms with Crippen LogP contribution in [0.1, 0.15) is 50.2 Å². The Kier molecular flexibility index (Phi) is 5.91. The van der Waals surface area contributed by atoms with Crippen molar-refractivity contribution in [2.45, 2.75) is 51.2 Å². The van der Waals surface area contributed by atoms with Crippen molar-refractivity contribution in [3.63, 3.8) is 0 Å². The van der Waals surface area contributed by atoms with Gasteiger partial charge in [0.05, 0.1) is 29.4 Å². The summed E-state index contributed by atoms with van der Waals surface area (Å²) in [6, 6.07) is 20.8. The van der Waals surface area contributed by atoms with Gasteiger partial charge in [0, 0.05) is 47.6 Å². The van der Waals surface area contributed by atoms with Crippen LogP contribution in [0.25, 0.3) is 33.2 Å². The van der Waals surface area contributed by atoms with Crippen molar-refractivity contribution in [3.8, 4) is 28.3 Å². The van der Waals surface area contributed by atoms with Gasteiger partial charge in [0.2, 0.25) is 0 Å². The molecule has 5 nitrogen and oxygen atoms in total. The summed E-state index contributed by atoms with van der Waals surface area (Å²) in [4.78, 5) is 12.2. The molecule has 0 unspecified atom stereocenters. The van der Waals surface area contributed by atoms with Crippen LogP contribution in [0.15, 0.2) is 67.0 Å². The lowest BCUT2D eigenvalue weighted by molar-refractivity contribution is -0.00545. The van der Waals surface area contributed by atoms with Gasteiger partial charge < -0.3 is 9.64 Å². The molecule has 180 valence electrons. The molecule has 4 aromatic rings. The molecule has 2 atom stereocenters. The maximum Gasteiger partial charge on any atom is 0.128 e. The molecule has 36 heavy (non-hydrogen) atoms. The average molecular weight is 475 g/mol. The number of hydrogen-bond donors (Lipinski definition) is 0. The molecule has 5 heteroatoms. The number of morpholine rings is 1. The number of ether oxygens (including phenoxy) is 1. The van der Waals surface area contributed by atoms with E-state index in [1.165, 1.54) is 35.8 Å². The van der Waals surface area contributed by atoms with Crippen LogP contribution in [-0.4, -0.2) is 35.3 Å². The Bertz CT molecular complexity index is 1420. The zero-order valence-corrected chi connectivity index (χ0v) is 20.8. The predicted molar refractivity (Wildman–Crippen MR) is 144 cm³/mol. The first-order valence-electron chi connectivity index (χ1n) is 12.9. The molecule has 2 aromatic carbocycles. The third kappa shape index (κ3) is 4.12. The van der Waals surface area contributed by atoms with E-state index in [0.29, 0.717) is 11.5 Å². The van der Waals surface area contributed by atoms with E-state index in [-0.39, 0.29) is 12.2 Å². The molecule has 0 N–H and O–H groups in total. The molecule has 2 aliphatic rings. The summed E-state index contributed by atoms with van der Waals surface area (Å²) >= 11 is 0. The van der Waals surface area contributed by atoms with Crippen molar-refractivity contribution in [1.82, 2.24) is 9.97 Å². The van der Waals surface area contributed by atoms with Crippen LogP contribution in [0.5, 0.6) is 0 Å². The minimum Gasteiger partial charge on any atom is -0.372 e. The molecule has 6 rings (SSSR count). The minimum absolute atomic E-state index is 0.204. The van der Waals surface area contributed by atoms with E-state index in [1.54, 1.807) is 0 Å². The first-order valence-corrected chi connectivity index (χ1v) is 12.9. The molecule has 0 bridgehead atoms. The van der Waals surface area contributed by atoms with Gasteiger partial charge in [-0.15, -0.1) is 0 Å². The third-order valence-electron chi connectivity index (χ3n) is 7.58. The zero-order chi connectivity index (χ0) is 24.6. The molecule has 1 aliphatic heterocycles. The quantitative estimate of drug-likeness (QED) is 0.329. The standard InChI is InChI=1S/C31H30N4O/c1-20-18-35(19-21(2)36-20)29-14-13-25(16-33-29)28-17-34-31-26(23-11-9-22(15-32)10-12-23)7-4-8-27(31)30(28)24-5-3-6-24/h4,7-14,16-17,20-21,24H,3,5-6,18-19H2,1-2H3/t20-,21+. The number of para-hydroxylation sites is 1. The van der Waals surface area contributed by atoms with E-state index in [1.807, 2.05) is 36.7 Å². The van der Waals surface area contributed by atoms with Crippen molar-refractivity contribution < 1.29 is 4.74 Å². The van der Waals surface area contributed by atoms with Gasteiger partial charge >= 0.3 is 0 Å². The number of benzene rings is 2. The second kappa shape index (κ2) is 9.37. The van der Waals surface area contributed by atoms with Gasteiger partial charge in [0.25, 0.3) is 0 Å². The maximum absolute atomic E-state index is 9.18. The van der Waals surface area contributed by atoms with Gasteiger partial charge in [-0.25, -0.2) is 4.98 Å². The number of anilines is 1. The first kappa shape index (κ1) is 22.7. The van der Waals surface area contributed by atoms with Crippen LogP contribution < -0.4 is 4.90 Å². The molecule has 0 amide bonds. The average Bonchev–Trinajstić information content (AvgIpc) is 2.87. The normalized spacial score (nSPS) is 20.2. The SMILES string of the molecule is C[C@@H]1CN(c2ccc(-c3cnc4c(-c5ccc(C#N)cc5)cccc4c3C3CCC3)cn2)C[C@H](C)O1. The summed E-state index contributed by atoms with van der Waals surface area (Å²) in [7, 11) is 0. The summed E-state index contributed by atoms with van der Waals surface area (Å²) in [5.74, 6) is 1.55. The van der Waals surface area contributed by atoms with Crippen LogP contribution in [-0.2, 0) is 4.74 Å². The number of hydrogen-bond acceptors (Lipinski definition) is 5. The van der Waals surface area contributed by atoms with Crippen molar-refractivity contribution in [3.05, 3.63) is 78.1 Å². The van der Waals surface area contributed by atoms with Crippen molar-refractivity contribution >= 4 is 16.7 Å². The molecule has 0 spiro atoms. The van der Waals surface area contributed by atoms with Gasteiger partial charge in [0.15, 0.2) is 0 Å². The van der Waals surface area contributed by atoms with Crippen LogP contribution in [0, 0.1) is 11.3 Å². The Morgan fingerprint density at radius 2 is 1.61 bits per heavy atom. The summed E-state index contributed by atoms with van der Waals surface area (Å²) in [5.41, 5.74) is 7.58. The number of nitriles is 1. The fourth-order valence-electron chi connectivity index (χ4n) is 5.67. The third-order valence-corrected chi connectivity index (χ3v) is 7.58. The lowest BCUT2D eigenvalue weighted by atomic mass is 9.76. The van der Waals surface area contributed by atoms with Gasteiger partial charge in [-0.1, -0.05) is 36.8 Å². The van der Waals surface area contributed by atoms with Gasteiger partial charge in [0.1, 0.15) is 5.82 Å². The van der Waals surface area contributed by atoms with E-state index < -0.39 is 0 Å².